The monoisotopic (exact) mass is 371 g/mol. The summed E-state index contributed by atoms with van der Waals surface area (Å²) in [6, 6.07) is 7.79. The Morgan fingerprint density at radius 1 is 1.19 bits per heavy atom. The maximum atomic E-state index is 12.2. The second kappa shape index (κ2) is 9.16. The Morgan fingerprint density at radius 3 is 2.63 bits per heavy atom. The van der Waals surface area contributed by atoms with Gasteiger partial charge in [-0.2, -0.15) is 4.98 Å². The van der Waals surface area contributed by atoms with Gasteiger partial charge in [-0.05, 0) is 18.4 Å². The normalized spacial score (nSPS) is 15.7. The van der Waals surface area contributed by atoms with Crippen molar-refractivity contribution in [3.63, 3.8) is 0 Å². The number of likely N-dealkylation sites (N-methyl/N-ethyl adjacent to an activating group) is 1. The highest BCUT2D eigenvalue weighted by Gasteiger charge is 2.23. The highest BCUT2D eigenvalue weighted by Crippen LogP contribution is 2.30. The first-order chi connectivity index (χ1) is 13.2. The molecule has 0 saturated heterocycles. The van der Waals surface area contributed by atoms with Crippen molar-refractivity contribution in [2.24, 2.45) is 0 Å². The molecular weight excluding hydrogens is 346 g/mol. The van der Waals surface area contributed by atoms with Crippen LogP contribution in [-0.4, -0.2) is 29.1 Å². The van der Waals surface area contributed by atoms with E-state index in [1.54, 1.807) is 12.1 Å². The molecule has 3 amide bonds. The molecule has 144 valence electrons. The lowest BCUT2D eigenvalue weighted by Crippen LogP contribution is -2.43. The van der Waals surface area contributed by atoms with Gasteiger partial charge in [-0.15, -0.1) is 0 Å². The van der Waals surface area contributed by atoms with E-state index in [0.29, 0.717) is 17.4 Å². The summed E-state index contributed by atoms with van der Waals surface area (Å²) in [5.41, 5.74) is 0.698. The highest BCUT2D eigenvalue weighted by atomic mass is 16.5. The Labute approximate surface area is 158 Å². The van der Waals surface area contributed by atoms with Crippen LogP contribution in [0.15, 0.2) is 34.9 Å². The van der Waals surface area contributed by atoms with Crippen LogP contribution in [0.25, 0.3) is 0 Å². The molecule has 3 rings (SSSR count). The molecule has 8 heteroatoms. The van der Waals surface area contributed by atoms with Crippen molar-refractivity contribution in [1.82, 2.24) is 26.1 Å². The van der Waals surface area contributed by atoms with E-state index in [-0.39, 0.29) is 12.5 Å². The van der Waals surface area contributed by atoms with Crippen LogP contribution < -0.4 is 16.0 Å². The number of nitrogens with one attached hydrogen (secondary N) is 3. The number of hydrogen-bond acceptors (Lipinski definition) is 5. The summed E-state index contributed by atoms with van der Waals surface area (Å²) in [4.78, 5) is 28.7. The van der Waals surface area contributed by atoms with Gasteiger partial charge in [-0.1, -0.05) is 54.8 Å². The van der Waals surface area contributed by atoms with Crippen LogP contribution >= 0.6 is 0 Å². The zero-order valence-electron chi connectivity index (χ0n) is 15.4. The Morgan fingerprint density at radius 2 is 1.93 bits per heavy atom. The maximum Gasteiger partial charge on any atom is 0.316 e. The van der Waals surface area contributed by atoms with Gasteiger partial charge in [-0.25, -0.2) is 4.79 Å². The van der Waals surface area contributed by atoms with Gasteiger partial charge in [0.1, 0.15) is 6.04 Å². The van der Waals surface area contributed by atoms with Gasteiger partial charge in [0, 0.05) is 13.0 Å². The van der Waals surface area contributed by atoms with Gasteiger partial charge in [-0.3, -0.25) is 4.79 Å². The molecule has 2 aromatic rings. The molecule has 1 aromatic heterocycles. The van der Waals surface area contributed by atoms with Crippen molar-refractivity contribution in [2.45, 2.75) is 50.6 Å². The molecular formula is C19H25N5O3. The molecule has 1 aromatic carbocycles. The van der Waals surface area contributed by atoms with Crippen LogP contribution in [0.4, 0.5) is 4.79 Å². The molecule has 1 saturated carbocycles. The van der Waals surface area contributed by atoms with Crippen LogP contribution in [-0.2, 0) is 11.3 Å². The second-order valence-corrected chi connectivity index (χ2v) is 6.67. The summed E-state index contributed by atoms with van der Waals surface area (Å²) in [5.74, 6) is 1.14. The van der Waals surface area contributed by atoms with Crippen LogP contribution in [0.3, 0.4) is 0 Å². The molecule has 3 N–H and O–H groups in total. The summed E-state index contributed by atoms with van der Waals surface area (Å²) in [6.45, 7) is 0.112. The van der Waals surface area contributed by atoms with Crippen LogP contribution in [0.1, 0.15) is 61.3 Å². The van der Waals surface area contributed by atoms with E-state index in [9.17, 15) is 9.59 Å². The summed E-state index contributed by atoms with van der Waals surface area (Å²) in [6.07, 6.45) is 5.80. The Kier molecular flexibility index (Phi) is 6.40. The summed E-state index contributed by atoms with van der Waals surface area (Å²) in [5, 5.41) is 11.9. The molecule has 0 aliphatic heterocycles. The molecule has 0 unspecified atom stereocenters. The molecule has 0 spiro atoms. The van der Waals surface area contributed by atoms with Gasteiger partial charge >= 0.3 is 6.03 Å². The van der Waals surface area contributed by atoms with E-state index >= 15 is 0 Å². The van der Waals surface area contributed by atoms with Crippen LogP contribution in [0, 0.1) is 0 Å². The number of urea groups is 1. The van der Waals surface area contributed by atoms with E-state index in [4.69, 9.17) is 4.52 Å². The maximum absolute atomic E-state index is 12.2. The van der Waals surface area contributed by atoms with Gasteiger partial charge in [0.2, 0.25) is 11.8 Å². The SMILES string of the molecule is CNC(=O)[C@H](NC(=O)NCc1nc(C2CCCCC2)no1)c1ccccc1. The molecule has 1 aliphatic carbocycles. The third-order valence-electron chi connectivity index (χ3n) is 4.77. The van der Waals surface area contributed by atoms with Crippen molar-refractivity contribution in [1.29, 1.82) is 0 Å². The number of hydrogen-bond donors (Lipinski definition) is 3. The molecule has 0 bridgehead atoms. The van der Waals surface area contributed by atoms with Crippen molar-refractivity contribution in [3.05, 3.63) is 47.6 Å². The number of carbonyl (C=O) groups excluding carboxylic acids is 2. The second-order valence-electron chi connectivity index (χ2n) is 6.67. The van der Waals surface area contributed by atoms with Crippen molar-refractivity contribution in [3.8, 4) is 0 Å². The van der Waals surface area contributed by atoms with E-state index in [0.717, 1.165) is 18.7 Å². The Hall–Kier alpha value is -2.90. The lowest BCUT2D eigenvalue weighted by Gasteiger charge is -2.18. The topological polar surface area (TPSA) is 109 Å². The van der Waals surface area contributed by atoms with Crippen LogP contribution in [0.5, 0.6) is 0 Å². The van der Waals surface area contributed by atoms with Crippen LogP contribution in [0.2, 0.25) is 0 Å². The van der Waals surface area contributed by atoms with Crippen molar-refractivity contribution < 1.29 is 14.1 Å². The predicted octanol–water partition coefficient (Wildman–Crippen LogP) is 2.40. The average molecular weight is 371 g/mol. The Balaban J connectivity index is 1.55. The first-order valence-electron chi connectivity index (χ1n) is 9.30. The fourth-order valence-electron chi connectivity index (χ4n) is 3.29. The molecule has 8 nitrogen and oxygen atoms in total. The lowest BCUT2D eigenvalue weighted by atomic mass is 9.89. The fourth-order valence-corrected chi connectivity index (χ4v) is 3.29. The minimum absolute atomic E-state index is 0.112. The van der Waals surface area contributed by atoms with Gasteiger partial charge in [0.05, 0.1) is 6.54 Å². The number of aromatic nitrogens is 2. The molecule has 27 heavy (non-hydrogen) atoms. The van der Waals surface area contributed by atoms with E-state index in [1.165, 1.54) is 26.3 Å². The number of rotatable bonds is 6. The third-order valence-corrected chi connectivity index (χ3v) is 4.77. The predicted molar refractivity (Wildman–Crippen MR) is 98.7 cm³/mol. The van der Waals surface area contributed by atoms with Gasteiger partial charge in [0.25, 0.3) is 0 Å². The largest absolute Gasteiger partial charge is 0.357 e. The number of benzene rings is 1. The first kappa shape index (κ1) is 18.9. The minimum atomic E-state index is -0.781. The van der Waals surface area contributed by atoms with Crippen molar-refractivity contribution >= 4 is 11.9 Å². The van der Waals surface area contributed by atoms with Gasteiger partial charge < -0.3 is 20.5 Å². The highest BCUT2D eigenvalue weighted by molar-refractivity contribution is 5.87. The fraction of sp³-hybridized carbons (Fsp3) is 0.474. The summed E-state index contributed by atoms with van der Waals surface area (Å²) < 4.78 is 5.24. The number of amides is 3. The Bertz CT molecular complexity index is 756. The molecule has 1 aliphatic rings. The van der Waals surface area contributed by atoms with Crippen molar-refractivity contribution in [2.75, 3.05) is 7.05 Å². The molecule has 1 fully saturated rings. The number of carbonyl (C=O) groups is 2. The third kappa shape index (κ3) is 5.06. The summed E-state index contributed by atoms with van der Waals surface area (Å²) in [7, 11) is 1.53. The quantitative estimate of drug-likeness (QED) is 0.722. The minimum Gasteiger partial charge on any atom is -0.357 e. The van der Waals surface area contributed by atoms with E-state index < -0.39 is 12.1 Å². The lowest BCUT2D eigenvalue weighted by molar-refractivity contribution is -0.122. The van der Waals surface area contributed by atoms with Gasteiger partial charge in [0.15, 0.2) is 5.82 Å². The zero-order chi connectivity index (χ0) is 19.1. The molecule has 1 heterocycles. The van der Waals surface area contributed by atoms with E-state index in [2.05, 4.69) is 26.1 Å². The summed E-state index contributed by atoms with van der Waals surface area (Å²) >= 11 is 0. The standard InChI is InChI=1S/C19H25N5O3/c1-20-18(25)16(13-8-4-2-5-9-13)23-19(26)21-12-15-22-17(24-27-15)14-10-6-3-7-11-14/h2,4-5,8-9,14,16H,3,6-7,10-12H2,1H3,(H,20,25)(H2,21,23,26)/t16-/m1/s1. The number of nitrogens with zero attached hydrogens (tertiary/aromatic N) is 2. The zero-order valence-corrected chi connectivity index (χ0v) is 15.4. The molecule has 0 radical (unpaired) electrons. The molecule has 1 atom stereocenters. The van der Waals surface area contributed by atoms with E-state index in [1.807, 2.05) is 18.2 Å². The average Bonchev–Trinajstić information content (AvgIpc) is 3.20. The smallest absolute Gasteiger partial charge is 0.316 e. The first-order valence-corrected chi connectivity index (χ1v) is 9.30.